The number of amides is 3. The lowest BCUT2D eigenvalue weighted by Gasteiger charge is -2.33. The van der Waals surface area contributed by atoms with Gasteiger partial charge in [-0.25, -0.2) is 17.9 Å². The molecule has 1 aromatic rings. The summed E-state index contributed by atoms with van der Waals surface area (Å²) in [4.78, 5) is 28.3. The minimum Gasteiger partial charge on any atom is -0.495 e. The van der Waals surface area contributed by atoms with Gasteiger partial charge >= 0.3 is 6.03 Å². The number of piperidine rings is 2. The maximum Gasteiger partial charge on any atom is 0.321 e. The van der Waals surface area contributed by atoms with E-state index in [4.69, 9.17) is 4.74 Å². The van der Waals surface area contributed by atoms with Crippen LogP contribution in [0.2, 0.25) is 0 Å². The smallest absolute Gasteiger partial charge is 0.321 e. The van der Waals surface area contributed by atoms with Crippen LogP contribution in [0.5, 0.6) is 5.75 Å². The van der Waals surface area contributed by atoms with Gasteiger partial charge in [-0.2, -0.15) is 0 Å². The summed E-state index contributed by atoms with van der Waals surface area (Å²) in [5, 5.41) is 2.86. The third-order valence-corrected chi connectivity index (χ3v) is 5.90. The molecule has 0 aromatic heterocycles. The SMILES string of the molecule is COc1ccc(NC(=O)N2CCC[C@@H](NS(C)(=O)=O)C2)cc1N1CCCCC1=O. The maximum atomic E-state index is 12.7. The highest BCUT2D eigenvalue weighted by atomic mass is 32.2. The van der Waals surface area contributed by atoms with E-state index in [9.17, 15) is 18.0 Å². The molecule has 3 rings (SSSR count). The van der Waals surface area contributed by atoms with Crippen molar-refractivity contribution in [1.82, 2.24) is 9.62 Å². The molecule has 9 nitrogen and oxygen atoms in total. The van der Waals surface area contributed by atoms with E-state index in [0.717, 1.165) is 25.5 Å². The lowest BCUT2D eigenvalue weighted by molar-refractivity contribution is -0.119. The van der Waals surface area contributed by atoms with Gasteiger partial charge in [0.05, 0.1) is 19.1 Å². The van der Waals surface area contributed by atoms with Crippen LogP contribution in [0.15, 0.2) is 18.2 Å². The Morgan fingerprint density at radius 2 is 2.00 bits per heavy atom. The van der Waals surface area contributed by atoms with Crippen LogP contribution in [0.1, 0.15) is 32.1 Å². The fraction of sp³-hybridized carbons (Fsp3) is 0.579. The molecule has 0 bridgehead atoms. The fourth-order valence-electron chi connectivity index (χ4n) is 3.80. The highest BCUT2D eigenvalue weighted by Gasteiger charge is 2.27. The van der Waals surface area contributed by atoms with E-state index in [2.05, 4.69) is 10.0 Å². The third kappa shape index (κ3) is 5.60. The Morgan fingerprint density at radius 1 is 1.21 bits per heavy atom. The second-order valence-electron chi connectivity index (χ2n) is 7.49. The van der Waals surface area contributed by atoms with Crippen LogP contribution in [0.25, 0.3) is 0 Å². The van der Waals surface area contributed by atoms with Crippen molar-refractivity contribution in [1.29, 1.82) is 0 Å². The Balaban J connectivity index is 1.71. The van der Waals surface area contributed by atoms with Crippen LogP contribution in [-0.2, 0) is 14.8 Å². The Kier molecular flexibility index (Phi) is 6.63. The fourth-order valence-corrected chi connectivity index (χ4v) is 4.60. The number of ether oxygens (including phenoxy) is 1. The normalized spacial score (nSPS) is 20.5. The summed E-state index contributed by atoms with van der Waals surface area (Å²) in [5.74, 6) is 0.623. The van der Waals surface area contributed by atoms with Crippen molar-refractivity contribution in [2.24, 2.45) is 0 Å². The molecule has 0 radical (unpaired) electrons. The van der Waals surface area contributed by atoms with E-state index in [1.54, 1.807) is 35.1 Å². The molecule has 2 saturated heterocycles. The zero-order valence-corrected chi connectivity index (χ0v) is 17.6. The molecule has 0 spiro atoms. The summed E-state index contributed by atoms with van der Waals surface area (Å²) in [6.07, 6.45) is 4.84. The van der Waals surface area contributed by atoms with Gasteiger partial charge in [-0.3, -0.25) is 4.79 Å². The van der Waals surface area contributed by atoms with Gasteiger partial charge in [-0.05, 0) is 43.9 Å². The average Bonchev–Trinajstić information content (AvgIpc) is 2.67. The van der Waals surface area contributed by atoms with Gasteiger partial charge in [-0.1, -0.05) is 0 Å². The molecule has 2 heterocycles. The summed E-state index contributed by atoms with van der Waals surface area (Å²) >= 11 is 0. The minimum absolute atomic E-state index is 0.0451. The molecule has 1 aromatic carbocycles. The molecular formula is C19H28N4O5S. The summed E-state index contributed by atoms with van der Waals surface area (Å²) in [5.41, 5.74) is 1.20. The molecule has 2 N–H and O–H groups in total. The lowest BCUT2D eigenvalue weighted by atomic mass is 10.1. The molecule has 29 heavy (non-hydrogen) atoms. The zero-order chi connectivity index (χ0) is 21.0. The first kappa shape index (κ1) is 21.4. The first-order valence-electron chi connectivity index (χ1n) is 9.78. The predicted octanol–water partition coefficient (Wildman–Crippen LogP) is 1.76. The molecule has 0 aliphatic carbocycles. The monoisotopic (exact) mass is 424 g/mol. The highest BCUT2D eigenvalue weighted by molar-refractivity contribution is 7.88. The van der Waals surface area contributed by atoms with Crippen LogP contribution in [0, 0.1) is 0 Å². The van der Waals surface area contributed by atoms with Gasteiger partial charge in [0.1, 0.15) is 5.75 Å². The van der Waals surface area contributed by atoms with E-state index < -0.39 is 10.0 Å². The first-order valence-corrected chi connectivity index (χ1v) is 11.7. The van der Waals surface area contributed by atoms with E-state index in [1.165, 1.54) is 0 Å². The topological polar surface area (TPSA) is 108 Å². The molecule has 10 heteroatoms. The number of sulfonamides is 1. The summed E-state index contributed by atoms with van der Waals surface area (Å²) in [7, 11) is -1.77. The number of hydrogen-bond donors (Lipinski definition) is 2. The number of rotatable bonds is 5. The molecule has 0 saturated carbocycles. The van der Waals surface area contributed by atoms with E-state index >= 15 is 0 Å². The highest BCUT2D eigenvalue weighted by Crippen LogP contribution is 2.33. The van der Waals surface area contributed by atoms with Gasteiger partial charge < -0.3 is 19.9 Å². The van der Waals surface area contributed by atoms with Crippen molar-refractivity contribution in [2.45, 2.75) is 38.1 Å². The minimum atomic E-state index is -3.32. The largest absolute Gasteiger partial charge is 0.495 e. The average molecular weight is 425 g/mol. The number of anilines is 2. The standard InChI is InChI=1S/C19H28N4O5S/c1-28-17-9-8-14(12-16(17)23-11-4-3-7-18(23)24)20-19(25)22-10-5-6-15(13-22)21-29(2,26)27/h8-9,12,15,21H,3-7,10-11,13H2,1-2H3,(H,20,25)/t15-/m1/s1. The molecular weight excluding hydrogens is 396 g/mol. The lowest BCUT2D eigenvalue weighted by Crippen LogP contribution is -2.50. The van der Waals surface area contributed by atoms with Crippen LogP contribution in [0.4, 0.5) is 16.2 Å². The van der Waals surface area contributed by atoms with Crippen molar-refractivity contribution >= 4 is 33.3 Å². The first-order chi connectivity index (χ1) is 13.8. The summed E-state index contributed by atoms with van der Waals surface area (Å²) in [6, 6.07) is 4.62. The van der Waals surface area contributed by atoms with Crippen LogP contribution in [0.3, 0.4) is 0 Å². The summed E-state index contributed by atoms with van der Waals surface area (Å²) < 4.78 is 30.9. The van der Waals surface area contributed by atoms with Gasteiger partial charge in [0.25, 0.3) is 0 Å². The van der Waals surface area contributed by atoms with Crippen LogP contribution in [-0.4, -0.2) is 64.3 Å². The number of urea groups is 1. The van der Waals surface area contributed by atoms with Gasteiger partial charge in [0.15, 0.2) is 0 Å². The van der Waals surface area contributed by atoms with Crippen molar-refractivity contribution < 1.29 is 22.7 Å². The third-order valence-electron chi connectivity index (χ3n) is 5.13. The number of nitrogens with one attached hydrogen (secondary N) is 2. The Bertz CT molecular complexity index is 873. The predicted molar refractivity (Wildman–Crippen MR) is 111 cm³/mol. The van der Waals surface area contributed by atoms with E-state index in [0.29, 0.717) is 49.6 Å². The second-order valence-corrected chi connectivity index (χ2v) is 9.27. The number of hydrogen-bond acceptors (Lipinski definition) is 5. The number of benzene rings is 1. The number of carbonyl (C=O) groups excluding carboxylic acids is 2. The van der Waals surface area contributed by atoms with Gasteiger partial charge in [-0.15, -0.1) is 0 Å². The van der Waals surface area contributed by atoms with E-state index in [-0.39, 0.29) is 18.0 Å². The number of carbonyl (C=O) groups is 2. The Hall–Kier alpha value is -2.33. The van der Waals surface area contributed by atoms with Crippen LogP contribution < -0.4 is 19.7 Å². The Labute approximate surface area is 171 Å². The molecule has 1 atom stereocenters. The molecule has 2 fully saturated rings. The summed E-state index contributed by atoms with van der Waals surface area (Å²) in [6.45, 7) is 1.49. The van der Waals surface area contributed by atoms with Crippen molar-refractivity contribution in [3.8, 4) is 5.75 Å². The molecule has 3 amide bonds. The van der Waals surface area contributed by atoms with Crippen LogP contribution >= 0.6 is 0 Å². The molecule has 2 aliphatic rings. The molecule has 160 valence electrons. The number of nitrogens with zero attached hydrogens (tertiary/aromatic N) is 2. The number of likely N-dealkylation sites (tertiary alicyclic amines) is 1. The Morgan fingerprint density at radius 3 is 2.69 bits per heavy atom. The second kappa shape index (κ2) is 9.00. The maximum absolute atomic E-state index is 12.7. The number of methoxy groups -OCH3 is 1. The van der Waals surface area contributed by atoms with Crippen molar-refractivity contribution in [2.75, 3.05) is 43.2 Å². The van der Waals surface area contributed by atoms with E-state index in [1.807, 2.05) is 0 Å². The quantitative estimate of drug-likeness (QED) is 0.749. The van der Waals surface area contributed by atoms with Gasteiger partial charge in [0.2, 0.25) is 15.9 Å². The van der Waals surface area contributed by atoms with Crippen molar-refractivity contribution in [3.05, 3.63) is 18.2 Å². The molecule has 2 aliphatic heterocycles. The zero-order valence-electron chi connectivity index (χ0n) is 16.8. The van der Waals surface area contributed by atoms with Crippen molar-refractivity contribution in [3.63, 3.8) is 0 Å². The van der Waals surface area contributed by atoms with Gasteiger partial charge in [0, 0.05) is 37.8 Å². The molecule has 0 unspecified atom stereocenters.